The van der Waals surface area contributed by atoms with Gasteiger partial charge < -0.3 is 45.2 Å². The minimum atomic E-state index is -1.61. The van der Waals surface area contributed by atoms with Crippen molar-refractivity contribution in [3.8, 4) is 0 Å². The summed E-state index contributed by atoms with van der Waals surface area (Å²) in [6.45, 7) is 12.0. The summed E-state index contributed by atoms with van der Waals surface area (Å²) < 4.78 is 27.5. The van der Waals surface area contributed by atoms with Crippen LogP contribution in [-0.2, 0) is 47.2 Å². The molecule has 2 unspecified atom stereocenters. The molecular formula is C31H61N5O10P+. The van der Waals surface area contributed by atoms with Crippen molar-refractivity contribution >= 4 is 37.6 Å². The van der Waals surface area contributed by atoms with Gasteiger partial charge in [-0.1, -0.05) is 20.8 Å². The van der Waals surface area contributed by atoms with Crippen molar-refractivity contribution in [2.75, 3.05) is 92.6 Å². The Balaban J connectivity index is 0.00000181. The van der Waals surface area contributed by atoms with Gasteiger partial charge in [0.25, 0.3) is 5.85 Å². The summed E-state index contributed by atoms with van der Waals surface area (Å²) in [5.41, 5.74) is 0. The molecule has 47 heavy (non-hydrogen) atoms. The number of amides is 4. The van der Waals surface area contributed by atoms with E-state index in [1.807, 2.05) is 20.8 Å². The highest BCUT2D eigenvalue weighted by Gasteiger charge is 2.66. The van der Waals surface area contributed by atoms with Crippen LogP contribution in [0.15, 0.2) is 0 Å². The quantitative estimate of drug-likeness (QED) is 0.0493. The molecule has 0 aliphatic carbocycles. The summed E-state index contributed by atoms with van der Waals surface area (Å²) in [4.78, 5) is 59.3. The van der Waals surface area contributed by atoms with Gasteiger partial charge in [0.1, 0.15) is 19.1 Å². The van der Waals surface area contributed by atoms with E-state index in [1.54, 1.807) is 7.11 Å². The van der Waals surface area contributed by atoms with Gasteiger partial charge in [0.15, 0.2) is 0 Å². The van der Waals surface area contributed by atoms with E-state index in [0.717, 1.165) is 25.4 Å². The van der Waals surface area contributed by atoms with Crippen molar-refractivity contribution in [3.05, 3.63) is 0 Å². The van der Waals surface area contributed by atoms with Crippen molar-refractivity contribution < 1.29 is 47.2 Å². The second-order valence-corrected chi connectivity index (χ2v) is 13.8. The number of unbranched alkanes of at least 4 members (excludes halogenated alkanes) is 2. The Hall–Kier alpha value is -2.26. The number of carbonyl (C=O) groups excluding carboxylic acids is 5. The van der Waals surface area contributed by atoms with Crippen molar-refractivity contribution in [1.29, 1.82) is 0 Å². The summed E-state index contributed by atoms with van der Waals surface area (Å²) in [5.74, 6) is -1.51. The lowest BCUT2D eigenvalue weighted by molar-refractivity contribution is -0.128. The molecule has 2 saturated heterocycles. The fraction of sp³-hybridized carbons (Fsp3) is 0.839. The number of methoxy groups -OCH3 is 1. The first-order valence-corrected chi connectivity index (χ1v) is 18.6. The Kier molecular flexibility index (Phi) is 27.3. The van der Waals surface area contributed by atoms with Crippen molar-refractivity contribution in [2.45, 2.75) is 78.2 Å². The average molecular weight is 695 g/mol. The number of ether oxygens (including phenoxy) is 3. The number of rotatable bonds is 24. The number of nitrogens with zero attached hydrogens (tertiary/aromatic N) is 1. The van der Waals surface area contributed by atoms with E-state index in [1.165, 1.54) is 13.0 Å². The molecule has 2 rings (SSSR count). The summed E-state index contributed by atoms with van der Waals surface area (Å²) in [6.07, 6.45) is 6.32. The molecule has 2 fully saturated rings. The van der Waals surface area contributed by atoms with Gasteiger partial charge in [-0.2, -0.15) is 4.52 Å². The van der Waals surface area contributed by atoms with Crippen LogP contribution >= 0.6 is 7.72 Å². The Labute approximate surface area is 281 Å². The number of likely N-dealkylation sites (N-methyl/N-ethyl adjacent to an activating group) is 1. The molecule has 0 spiro atoms. The summed E-state index contributed by atoms with van der Waals surface area (Å²) in [5, 5.41) is 9.78. The number of hydrogen-bond acceptors (Lipinski definition) is 11. The van der Waals surface area contributed by atoms with Crippen molar-refractivity contribution in [2.24, 2.45) is 0 Å². The third-order valence-corrected chi connectivity index (χ3v) is 10.2. The lowest BCUT2D eigenvalue weighted by Crippen LogP contribution is -2.44. The molecule has 4 N–H and O–H groups in total. The molecule has 2 heterocycles. The Bertz CT molecular complexity index is 888. The zero-order valence-electron chi connectivity index (χ0n) is 29.4. The molecule has 2 aliphatic rings. The molecule has 4 amide bonds. The second kappa shape index (κ2) is 28.7. The molecule has 0 radical (unpaired) electrons. The van der Waals surface area contributed by atoms with E-state index in [0.29, 0.717) is 58.4 Å². The van der Waals surface area contributed by atoms with Crippen molar-refractivity contribution in [3.63, 3.8) is 0 Å². The first kappa shape index (κ1) is 44.7. The van der Waals surface area contributed by atoms with E-state index < -0.39 is 19.5 Å². The number of likely N-dealkylation sites (tertiary alicyclic amines) is 1. The van der Waals surface area contributed by atoms with Crippen LogP contribution in [0, 0.1) is 0 Å². The molecule has 274 valence electrons. The third-order valence-electron chi connectivity index (χ3n) is 6.85. The van der Waals surface area contributed by atoms with Crippen LogP contribution in [0.5, 0.6) is 0 Å². The monoisotopic (exact) mass is 694 g/mol. The van der Waals surface area contributed by atoms with Gasteiger partial charge in [-0.3, -0.25) is 19.2 Å². The Morgan fingerprint density at radius 2 is 1.43 bits per heavy atom. The molecule has 0 saturated carbocycles. The summed E-state index contributed by atoms with van der Waals surface area (Å²) >= 11 is 0. The van der Waals surface area contributed by atoms with Gasteiger partial charge in [0.2, 0.25) is 23.6 Å². The standard InChI is InChI=1S/C23H41N4O9P.C6H13NO.C2H6/c1-3-15-37(19(2)36-37)35-14-13-34-12-11-33-10-8-24-21(30)16-26-23(32)18-27-22(31)17-25-20(29)7-5-4-6-9-28;1-7-4-3-6(5-7)8-2;1-2/h9,19H,3-8,10-18H2,1-2H3,(H3-,24,25,26,27,29,30,31,32);6H,3-5H2,1-2H3;1-2H3/p+1/t;6-;/m.0./s1. The van der Waals surface area contributed by atoms with Gasteiger partial charge in [-0.05, 0) is 32.7 Å². The first-order chi connectivity index (χ1) is 22.7. The zero-order chi connectivity index (χ0) is 35.3. The van der Waals surface area contributed by atoms with Gasteiger partial charge in [-0.25, -0.2) is 4.52 Å². The molecule has 16 heteroatoms. The van der Waals surface area contributed by atoms with Crippen LogP contribution in [0.1, 0.15) is 66.2 Å². The maximum atomic E-state index is 11.8. The summed E-state index contributed by atoms with van der Waals surface area (Å²) in [7, 11) is 2.29. The van der Waals surface area contributed by atoms with Crippen LogP contribution in [0.25, 0.3) is 0 Å². The van der Waals surface area contributed by atoms with Crippen LogP contribution in [0.4, 0.5) is 0 Å². The van der Waals surface area contributed by atoms with E-state index in [4.69, 9.17) is 23.3 Å². The minimum absolute atomic E-state index is 0.223. The predicted molar refractivity (Wildman–Crippen MR) is 181 cm³/mol. The Morgan fingerprint density at radius 3 is 1.91 bits per heavy atom. The molecule has 2 aliphatic heterocycles. The lowest BCUT2D eigenvalue weighted by Gasteiger charge is -2.09. The molecule has 0 bridgehead atoms. The average Bonchev–Trinajstić information content (AvgIpc) is 3.49. The summed E-state index contributed by atoms with van der Waals surface area (Å²) in [6, 6.07) is 0. The zero-order valence-corrected chi connectivity index (χ0v) is 30.3. The van der Waals surface area contributed by atoms with E-state index in [9.17, 15) is 24.0 Å². The smallest absolute Gasteiger partial charge is 0.313 e. The van der Waals surface area contributed by atoms with Gasteiger partial charge in [0.05, 0.1) is 52.2 Å². The Morgan fingerprint density at radius 1 is 0.872 bits per heavy atom. The molecule has 0 aromatic carbocycles. The minimum Gasteiger partial charge on any atom is -0.380 e. The molecular weight excluding hydrogens is 633 g/mol. The maximum absolute atomic E-state index is 11.8. The van der Waals surface area contributed by atoms with Crippen LogP contribution in [-0.4, -0.2) is 139 Å². The van der Waals surface area contributed by atoms with E-state index >= 15 is 0 Å². The highest BCUT2D eigenvalue weighted by Crippen LogP contribution is 2.80. The van der Waals surface area contributed by atoms with Crippen LogP contribution in [0.3, 0.4) is 0 Å². The predicted octanol–water partition coefficient (Wildman–Crippen LogP) is 1.26. The SMILES string of the molecule is CC.CCC[P+]1(OCCOCCOCCNC(=O)CNC(=O)CNC(=O)CNC(=O)CCCCC=O)OC1C.CO[C@H]1CCN(C)C1. The van der Waals surface area contributed by atoms with Crippen LogP contribution < -0.4 is 21.3 Å². The lowest BCUT2D eigenvalue weighted by atomic mass is 10.2. The van der Waals surface area contributed by atoms with Crippen molar-refractivity contribution in [1.82, 2.24) is 26.2 Å². The van der Waals surface area contributed by atoms with Gasteiger partial charge in [-0.15, -0.1) is 0 Å². The number of nitrogens with one attached hydrogen (secondary N) is 4. The molecule has 0 aromatic heterocycles. The van der Waals surface area contributed by atoms with Gasteiger partial charge >= 0.3 is 7.72 Å². The second-order valence-electron chi connectivity index (χ2n) is 10.7. The number of carbonyl (C=O) groups is 5. The normalized spacial score (nSPS) is 19.7. The molecule has 3 atom stereocenters. The topological polar surface area (TPSA) is 186 Å². The molecule has 0 aromatic rings. The fourth-order valence-corrected chi connectivity index (χ4v) is 6.88. The van der Waals surface area contributed by atoms with E-state index in [2.05, 4.69) is 40.1 Å². The van der Waals surface area contributed by atoms with Gasteiger partial charge in [0, 0.05) is 46.5 Å². The number of hydrogen-bond donors (Lipinski definition) is 4. The van der Waals surface area contributed by atoms with E-state index in [-0.39, 0.29) is 50.3 Å². The molecule has 15 nitrogen and oxygen atoms in total. The largest absolute Gasteiger partial charge is 0.380 e. The maximum Gasteiger partial charge on any atom is 0.313 e. The fourth-order valence-electron chi connectivity index (χ4n) is 4.23. The van der Waals surface area contributed by atoms with Crippen LogP contribution in [0.2, 0.25) is 0 Å². The highest BCUT2D eigenvalue weighted by molar-refractivity contribution is 7.72. The number of aldehydes is 1. The first-order valence-electron chi connectivity index (χ1n) is 16.7. The highest BCUT2D eigenvalue weighted by atomic mass is 31.2. The third kappa shape index (κ3) is 23.7.